The van der Waals surface area contributed by atoms with Crippen LogP contribution in [0.5, 0.6) is 0 Å². The Kier molecular flexibility index (Phi) is 8.00. The van der Waals surface area contributed by atoms with E-state index in [4.69, 9.17) is 9.47 Å². The van der Waals surface area contributed by atoms with E-state index in [2.05, 4.69) is 31.0 Å². The molecule has 2 aliphatic heterocycles. The van der Waals surface area contributed by atoms with Crippen molar-refractivity contribution in [3.8, 4) is 0 Å². The van der Waals surface area contributed by atoms with Gasteiger partial charge in [0, 0.05) is 24.6 Å². The quantitative estimate of drug-likeness (QED) is 0.269. The zero-order valence-corrected chi connectivity index (χ0v) is 23.7. The third-order valence-corrected chi connectivity index (χ3v) is 8.13. The van der Waals surface area contributed by atoms with Crippen LogP contribution in [0, 0.1) is 5.92 Å². The molecule has 0 bridgehead atoms. The average Bonchev–Trinajstić information content (AvgIpc) is 3.28. The first kappa shape index (κ1) is 28.0. The molecule has 4 aromatic carbocycles. The predicted molar refractivity (Wildman–Crippen MR) is 160 cm³/mol. The van der Waals surface area contributed by atoms with Crippen LogP contribution >= 0.6 is 0 Å². The van der Waals surface area contributed by atoms with Crippen molar-refractivity contribution in [1.29, 1.82) is 0 Å². The van der Waals surface area contributed by atoms with E-state index in [1.54, 1.807) is 36.4 Å². The molecule has 7 heteroatoms. The number of carbonyl (C=O) groups is 2. The Bertz CT molecular complexity index is 1520. The fourth-order valence-electron chi connectivity index (χ4n) is 5.80. The van der Waals surface area contributed by atoms with Crippen molar-refractivity contribution in [3.05, 3.63) is 137 Å². The van der Waals surface area contributed by atoms with E-state index in [9.17, 15) is 14.7 Å². The molecule has 1 saturated heterocycles. The fraction of sp³-hybridized carbons (Fsp3) is 0.257. The monoisotopic (exact) mass is 562 g/mol. The van der Waals surface area contributed by atoms with Crippen LogP contribution in [0.1, 0.15) is 62.3 Å². The van der Waals surface area contributed by atoms with Crippen LogP contribution in [0.4, 0.5) is 5.69 Å². The molecule has 2 amide bonds. The van der Waals surface area contributed by atoms with Gasteiger partial charge in [0.05, 0.1) is 35.6 Å². The molecule has 0 aromatic heterocycles. The van der Waals surface area contributed by atoms with Gasteiger partial charge >= 0.3 is 0 Å². The highest BCUT2D eigenvalue weighted by Crippen LogP contribution is 2.42. The number of fused-ring (bicyclic) bond motifs is 1. The lowest BCUT2D eigenvalue weighted by molar-refractivity contribution is -0.276. The van der Waals surface area contributed by atoms with E-state index in [1.807, 2.05) is 54.6 Å². The molecule has 4 unspecified atom stereocenters. The van der Waals surface area contributed by atoms with Crippen molar-refractivity contribution in [1.82, 2.24) is 4.90 Å². The second-order valence-electron chi connectivity index (χ2n) is 11.1. The summed E-state index contributed by atoms with van der Waals surface area (Å²) in [5.74, 6) is -0.595. The van der Waals surface area contributed by atoms with Crippen LogP contribution in [-0.2, 0) is 22.6 Å². The Morgan fingerprint density at radius 3 is 1.95 bits per heavy atom. The standard InChI is InChI=1S/C35H34N2O5/c1-23-31(21-36(2)20-24-8-4-3-5-9-24)41-35(42-32(23)26-14-12-25(22-38)13-15-26)27-16-18-28(19-17-27)37-33(39)29-10-6-7-11-30(29)34(37)40/h3-19,23,31-32,35,38H,20-22H2,1-2H3. The summed E-state index contributed by atoms with van der Waals surface area (Å²) in [4.78, 5) is 29.5. The van der Waals surface area contributed by atoms with Crippen molar-refractivity contribution in [2.75, 3.05) is 18.5 Å². The number of likely N-dealkylation sites (N-methyl/N-ethyl adjacent to an activating group) is 1. The summed E-state index contributed by atoms with van der Waals surface area (Å²) in [5, 5.41) is 9.53. The van der Waals surface area contributed by atoms with E-state index in [0.717, 1.165) is 23.2 Å². The summed E-state index contributed by atoms with van der Waals surface area (Å²) in [6.45, 7) is 3.63. The van der Waals surface area contributed by atoms with Crippen LogP contribution < -0.4 is 4.90 Å². The summed E-state index contributed by atoms with van der Waals surface area (Å²) in [6.07, 6.45) is -1.01. The highest BCUT2D eigenvalue weighted by Gasteiger charge is 2.40. The number of hydrogen-bond acceptors (Lipinski definition) is 6. The Morgan fingerprint density at radius 1 is 0.738 bits per heavy atom. The lowest BCUT2D eigenvalue weighted by Crippen LogP contribution is -2.43. The van der Waals surface area contributed by atoms with Crippen molar-refractivity contribution in [2.45, 2.75) is 38.6 Å². The van der Waals surface area contributed by atoms with Gasteiger partial charge in [-0.1, -0.05) is 85.8 Å². The van der Waals surface area contributed by atoms with Crippen LogP contribution in [0.15, 0.2) is 103 Å². The number of amides is 2. The predicted octanol–water partition coefficient (Wildman–Crippen LogP) is 5.90. The minimum atomic E-state index is -0.643. The van der Waals surface area contributed by atoms with Crippen molar-refractivity contribution in [2.24, 2.45) is 5.92 Å². The Hall–Kier alpha value is -4.14. The number of aliphatic hydroxyl groups is 1. The number of anilines is 1. The minimum absolute atomic E-state index is 0.0144. The fourth-order valence-corrected chi connectivity index (χ4v) is 5.80. The number of carbonyl (C=O) groups excluding carboxylic acids is 2. The first-order valence-electron chi connectivity index (χ1n) is 14.2. The van der Waals surface area contributed by atoms with E-state index in [1.165, 1.54) is 10.5 Å². The van der Waals surface area contributed by atoms with Gasteiger partial charge in [-0.2, -0.15) is 0 Å². The van der Waals surface area contributed by atoms with Crippen LogP contribution in [0.3, 0.4) is 0 Å². The third-order valence-electron chi connectivity index (χ3n) is 8.13. The second-order valence-corrected chi connectivity index (χ2v) is 11.1. The number of benzene rings is 4. The largest absolute Gasteiger partial charge is 0.392 e. The molecule has 0 radical (unpaired) electrons. The number of hydrogen-bond donors (Lipinski definition) is 1. The number of ether oxygens (including phenoxy) is 2. The van der Waals surface area contributed by atoms with Gasteiger partial charge in [0.25, 0.3) is 11.8 Å². The lowest BCUT2D eigenvalue weighted by atomic mass is 9.90. The van der Waals surface area contributed by atoms with Gasteiger partial charge in [0.15, 0.2) is 6.29 Å². The lowest BCUT2D eigenvalue weighted by Gasteiger charge is -2.42. The molecule has 214 valence electrons. The van der Waals surface area contributed by atoms with Gasteiger partial charge < -0.3 is 14.6 Å². The molecule has 2 heterocycles. The van der Waals surface area contributed by atoms with E-state index >= 15 is 0 Å². The zero-order valence-electron chi connectivity index (χ0n) is 23.7. The first-order chi connectivity index (χ1) is 20.4. The summed E-state index contributed by atoms with van der Waals surface area (Å²) < 4.78 is 13.2. The van der Waals surface area contributed by atoms with Crippen LogP contribution in [0.2, 0.25) is 0 Å². The summed E-state index contributed by atoms with van der Waals surface area (Å²) in [5.41, 5.74) is 5.23. The summed E-state index contributed by atoms with van der Waals surface area (Å²) in [7, 11) is 2.09. The SMILES string of the molecule is CC1C(CN(C)Cc2ccccc2)OC(c2ccc(N3C(=O)c4ccccc4C3=O)cc2)OC1c1ccc(CO)cc1. The highest BCUT2D eigenvalue weighted by atomic mass is 16.7. The molecule has 2 aliphatic rings. The Labute approximate surface area is 245 Å². The number of aliphatic hydroxyl groups excluding tert-OH is 1. The number of rotatable bonds is 8. The number of imide groups is 1. The minimum Gasteiger partial charge on any atom is -0.392 e. The zero-order chi connectivity index (χ0) is 29.2. The summed E-state index contributed by atoms with van der Waals surface area (Å²) >= 11 is 0. The van der Waals surface area contributed by atoms with Gasteiger partial charge in [0.1, 0.15) is 0 Å². The molecular weight excluding hydrogens is 528 g/mol. The maximum absolute atomic E-state index is 13.0. The maximum Gasteiger partial charge on any atom is 0.266 e. The van der Waals surface area contributed by atoms with Gasteiger partial charge in [-0.05, 0) is 48.0 Å². The molecule has 42 heavy (non-hydrogen) atoms. The topological polar surface area (TPSA) is 79.3 Å². The molecule has 4 aromatic rings. The van der Waals surface area contributed by atoms with Gasteiger partial charge in [0.2, 0.25) is 0 Å². The van der Waals surface area contributed by atoms with Gasteiger partial charge in [-0.3, -0.25) is 14.5 Å². The summed E-state index contributed by atoms with van der Waals surface area (Å²) in [6, 6.07) is 32.3. The first-order valence-corrected chi connectivity index (χ1v) is 14.2. The average molecular weight is 563 g/mol. The van der Waals surface area contributed by atoms with Crippen molar-refractivity contribution in [3.63, 3.8) is 0 Å². The third kappa shape index (κ3) is 5.52. The Balaban J connectivity index is 1.24. The second kappa shape index (κ2) is 12.0. The molecule has 7 nitrogen and oxygen atoms in total. The molecule has 0 aliphatic carbocycles. The molecule has 4 atom stereocenters. The molecule has 1 fully saturated rings. The smallest absolute Gasteiger partial charge is 0.266 e. The van der Waals surface area contributed by atoms with Crippen molar-refractivity contribution < 1.29 is 24.2 Å². The molecule has 6 rings (SSSR count). The van der Waals surface area contributed by atoms with Crippen LogP contribution in [-0.4, -0.2) is 41.5 Å². The van der Waals surface area contributed by atoms with E-state index in [0.29, 0.717) is 23.4 Å². The van der Waals surface area contributed by atoms with Gasteiger partial charge in [-0.15, -0.1) is 0 Å². The van der Waals surface area contributed by atoms with Gasteiger partial charge in [-0.25, -0.2) is 4.90 Å². The highest BCUT2D eigenvalue weighted by molar-refractivity contribution is 6.34. The van der Waals surface area contributed by atoms with E-state index < -0.39 is 6.29 Å². The molecular formula is C35H34N2O5. The normalized spacial score (nSPS) is 22.0. The number of nitrogens with zero attached hydrogens (tertiary/aromatic N) is 2. The maximum atomic E-state index is 13.0. The molecule has 0 saturated carbocycles. The van der Waals surface area contributed by atoms with Crippen LogP contribution in [0.25, 0.3) is 0 Å². The molecule has 1 N–H and O–H groups in total. The van der Waals surface area contributed by atoms with Crippen molar-refractivity contribution >= 4 is 17.5 Å². The van der Waals surface area contributed by atoms with E-state index in [-0.39, 0.29) is 36.5 Å². The molecule has 0 spiro atoms. The Morgan fingerprint density at radius 2 is 1.33 bits per heavy atom.